The molecule has 1 unspecified atom stereocenters. The third-order valence-electron chi connectivity index (χ3n) is 2.88. The summed E-state index contributed by atoms with van der Waals surface area (Å²) in [6, 6.07) is 4.07. The molecular weight excluding hydrogens is 281 g/mol. The quantitative estimate of drug-likeness (QED) is 0.847. The van der Waals surface area contributed by atoms with Gasteiger partial charge in [-0.2, -0.15) is 22.0 Å². The average molecular weight is 295 g/mol. The van der Waals surface area contributed by atoms with Crippen LogP contribution >= 0.6 is 0 Å². The maximum Gasteiger partial charge on any atom is 0.463 e. The van der Waals surface area contributed by atoms with Crippen LogP contribution in [0.15, 0.2) is 18.2 Å². The first-order valence-corrected chi connectivity index (χ1v) is 5.79. The van der Waals surface area contributed by atoms with E-state index >= 15 is 0 Å². The van der Waals surface area contributed by atoms with Crippen LogP contribution in [0.1, 0.15) is 29.7 Å². The number of carbonyl (C=O) groups excluding carboxylic acids is 1. The third kappa shape index (κ3) is 3.26. The van der Waals surface area contributed by atoms with E-state index in [1.54, 1.807) is 30.4 Å². The fourth-order valence-electron chi connectivity index (χ4n) is 1.81. The smallest absolute Gasteiger partial charge is 0.344 e. The Morgan fingerprint density at radius 3 is 2.15 bits per heavy atom. The van der Waals surface area contributed by atoms with E-state index in [4.69, 9.17) is 0 Å². The molecule has 20 heavy (non-hydrogen) atoms. The lowest BCUT2D eigenvalue weighted by molar-refractivity contribution is -0.270. The van der Waals surface area contributed by atoms with Gasteiger partial charge in [-0.1, -0.05) is 23.8 Å². The van der Waals surface area contributed by atoms with Crippen molar-refractivity contribution in [1.29, 1.82) is 0 Å². The van der Waals surface area contributed by atoms with Crippen molar-refractivity contribution in [2.45, 2.75) is 38.9 Å². The zero-order valence-electron chi connectivity index (χ0n) is 11.1. The van der Waals surface area contributed by atoms with Gasteiger partial charge in [-0.05, 0) is 31.9 Å². The molecule has 1 atom stereocenters. The number of carbonyl (C=O) groups is 1. The van der Waals surface area contributed by atoms with Gasteiger partial charge in [0.2, 0.25) is 0 Å². The highest BCUT2D eigenvalue weighted by molar-refractivity contribution is 5.84. The van der Waals surface area contributed by atoms with Gasteiger partial charge in [0.05, 0.1) is 6.04 Å². The average Bonchev–Trinajstić information content (AvgIpc) is 2.26. The molecule has 0 spiro atoms. The molecule has 1 aromatic rings. The highest BCUT2D eigenvalue weighted by Crippen LogP contribution is 2.36. The molecule has 1 amide bonds. The number of hydrogen-bond acceptors (Lipinski definition) is 1. The topological polar surface area (TPSA) is 29.1 Å². The molecule has 0 radical (unpaired) electrons. The molecule has 2 nitrogen and oxygen atoms in total. The zero-order chi connectivity index (χ0) is 15.7. The first kappa shape index (κ1) is 16.4. The molecule has 0 aliphatic heterocycles. The molecule has 0 bridgehead atoms. The van der Waals surface area contributed by atoms with Crippen LogP contribution in [0.25, 0.3) is 0 Å². The molecule has 1 rings (SSSR count). The second-order valence-electron chi connectivity index (χ2n) is 4.63. The minimum Gasteiger partial charge on any atom is -0.344 e. The number of benzene rings is 1. The van der Waals surface area contributed by atoms with Crippen LogP contribution < -0.4 is 5.32 Å². The summed E-state index contributed by atoms with van der Waals surface area (Å²) in [6.45, 7) is 4.85. The summed E-state index contributed by atoms with van der Waals surface area (Å²) in [5, 5.41) is 1.69. The van der Waals surface area contributed by atoms with Crippen LogP contribution in [0.3, 0.4) is 0 Å². The lowest BCUT2D eigenvalue weighted by atomic mass is 10.00. The van der Waals surface area contributed by atoms with Crippen LogP contribution in [-0.4, -0.2) is 18.0 Å². The highest BCUT2D eigenvalue weighted by Gasteiger charge is 2.63. The molecule has 0 saturated carbocycles. The lowest BCUT2D eigenvalue weighted by Crippen LogP contribution is -2.50. The van der Waals surface area contributed by atoms with Crippen molar-refractivity contribution in [2.24, 2.45) is 0 Å². The Hall–Kier alpha value is -1.66. The van der Waals surface area contributed by atoms with E-state index in [-0.39, 0.29) is 0 Å². The Morgan fingerprint density at radius 2 is 1.70 bits per heavy atom. The molecule has 112 valence electrons. The number of halogens is 5. The summed E-state index contributed by atoms with van der Waals surface area (Å²) in [5.41, 5.74) is 2.11. The van der Waals surface area contributed by atoms with Gasteiger partial charge in [-0.3, -0.25) is 4.79 Å². The predicted molar refractivity (Wildman–Crippen MR) is 63.5 cm³/mol. The molecule has 0 aliphatic carbocycles. The third-order valence-corrected chi connectivity index (χ3v) is 2.88. The fourth-order valence-corrected chi connectivity index (χ4v) is 1.81. The standard InChI is InChI=1S/C13H14F5NO/c1-7-4-5-10(8(2)6-7)9(3)19-11(20)12(14,15)13(16,17)18/h4-6,9H,1-3H3,(H,19,20). The summed E-state index contributed by atoms with van der Waals surface area (Å²) >= 11 is 0. The van der Waals surface area contributed by atoms with Gasteiger partial charge in [0, 0.05) is 0 Å². The minimum absolute atomic E-state index is 0.488. The summed E-state index contributed by atoms with van der Waals surface area (Å²) < 4.78 is 61.8. The second-order valence-corrected chi connectivity index (χ2v) is 4.63. The van der Waals surface area contributed by atoms with E-state index in [0.29, 0.717) is 11.1 Å². The Bertz CT molecular complexity index is 510. The van der Waals surface area contributed by atoms with Crippen LogP contribution in [0, 0.1) is 13.8 Å². The van der Waals surface area contributed by atoms with Gasteiger partial charge in [0.15, 0.2) is 0 Å². The summed E-state index contributed by atoms with van der Waals surface area (Å²) in [6.07, 6.45) is -5.90. The monoisotopic (exact) mass is 295 g/mol. The maximum atomic E-state index is 12.8. The van der Waals surface area contributed by atoms with Crippen molar-refractivity contribution in [1.82, 2.24) is 5.32 Å². The van der Waals surface area contributed by atoms with Crippen molar-refractivity contribution < 1.29 is 26.7 Å². The molecule has 1 N–H and O–H groups in total. The lowest BCUT2D eigenvalue weighted by Gasteiger charge is -2.22. The summed E-state index contributed by atoms with van der Waals surface area (Å²) in [7, 11) is 0. The highest BCUT2D eigenvalue weighted by atomic mass is 19.4. The Kier molecular flexibility index (Phi) is 4.41. The largest absolute Gasteiger partial charge is 0.463 e. The van der Waals surface area contributed by atoms with Gasteiger partial charge in [0.1, 0.15) is 0 Å². The maximum absolute atomic E-state index is 12.8. The Balaban J connectivity index is 2.91. The first-order chi connectivity index (χ1) is 8.96. The van der Waals surface area contributed by atoms with E-state index in [2.05, 4.69) is 0 Å². The van der Waals surface area contributed by atoms with Gasteiger partial charge < -0.3 is 5.32 Å². The summed E-state index contributed by atoms with van der Waals surface area (Å²) in [4.78, 5) is 11.1. The number of rotatable bonds is 3. The van der Waals surface area contributed by atoms with Crippen LogP contribution in [0.5, 0.6) is 0 Å². The number of nitrogens with one attached hydrogen (secondary N) is 1. The van der Waals surface area contributed by atoms with Crippen molar-refractivity contribution in [3.8, 4) is 0 Å². The van der Waals surface area contributed by atoms with E-state index in [1.165, 1.54) is 6.92 Å². The van der Waals surface area contributed by atoms with Gasteiger partial charge >= 0.3 is 18.0 Å². The SMILES string of the molecule is Cc1ccc(C(C)NC(=O)C(F)(F)C(F)(F)F)c(C)c1. The molecule has 0 heterocycles. The molecule has 0 fully saturated rings. The molecule has 0 aliphatic rings. The van der Waals surface area contributed by atoms with Crippen molar-refractivity contribution >= 4 is 5.91 Å². The van der Waals surface area contributed by atoms with E-state index in [9.17, 15) is 26.7 Å². The first-order valence-electron chi connectivity index (χ1n) is 5.79. The molecule has 0 aromatic heterocycles. The molecule has 0 saturated heterocycles. The minimum atomic E-state index is -5.90. The second kappa shape index (κ2) is 5.38. The normalized spacial score (nSPS) is 14.0. The molecule has 7 heteroatoms. The number of hydrogen-bond donors (Lipinski definition) is 1. The van der Waals surface area contributed by atoms with Crippen molar-refractivity contribution in [3.63, 3.8) is 0 Å². The predicted octanol–water partition coefficient (Wildman–Crippen LogP) is 3.68. The van der Waals surface area contributed by atoms with Gasteiger partial charge in [-0.25, -0.2) is 0 Å². The van der Waals surface area contributed by atoms with E-state index in [0.717, 1.165) is 5.56 Å². The number of amides is 1. The fraction of sp³-hybridized carbons (Fsp3) is 0.462. The molecule has 1 aromatic carbocycles. The van der Waals surface area contributed by atoms with E-state index in [1.807, 2.05) is 6.92 Å². The van der Waals surface area contributed by atoms with Gasteiger partial charge in [0.25, 0.3) is 0 Å². The molecular formula is C13H14F5NO. The van der Waals surface area contributed by atoms with Crippen LogP contribution in [-0.2, 0) is 4.79 Å². The van der Waals surface area contributed by atoms with Crippen molar-refractivity contribution in [2.75, 3.05) is 0 Å². The Morgan fingerprint density at radius 1 is 1.15 bits per heavy atom. The number of aryl methyl sites for hydroxylation is 2. The van der Waals surface area contributed by atoms with Crippen LogP contribution in [0.4, 0.5) is 22.0 Å². The zero-order valence-corrected chi connectivity index (χ0v) is 11.1. The number of alkyl halides is 5. The van der Waals surface area contributed by atoms with Crippen molar-refractivity contribution in [3.05, 3.63) is 34.9 Å². The van der Waals surface area contributed by atoms with Gasteiger partial charge in [-0.15, -0.1) is 0 Å². The van der Waals surface area contributed by atoms with Crippen LogP contribution in [0.2, 0.25) is 0 Å². The summed E-state index contributed by atoms with van der Waals surface area (Å²) in [5.74, 6) is -7.75. The Labute approximate surface area is 113 Å². The van der Waals surface area contributed by atoms with E-state index < -0.39 is 24.0 Å².